The van der Waals surface area contributed by atoms with Gasteiger partial charge in [-0.25, -0.2) is 9.59 Å². The van der Waals surface area contributed by atoms with Crippen molar-refractivity contribution in [1.82, 2.24) is 9.80 Å². The first-order valence-electron chi connectivity index (χ1n) is 13.0. The first-order valence-corrected chi connectivity index (χ1v) is 13.0. The number of nitrogens with one attached hydrogen (secondary N) is 1. The molecule has 8 nitrogen and oxygen atoms in total. The van der Waals surface area contributed by atoms with E-state index >= 15 is 0 Å². The SMILES string of the molecule is CC(C)(C)C1CN(C(=O)O)CCC1c1ccc(NC(=O)C2CCN(C(=O)OCc3ccccc3)C2)cc1. The van der Waals surface area contributed by atoms with Crippen LogP contribution in [0.4, 0.5) is 15.3 Å². The summed E-state index contributed by atoms with van der Waals surface area (Å²) < 4.78 is 5.40. The molecule has 2 aliphatic heterocycles. The van der Waals surface area contributed by atoms with Gasteiger partial charge in [0.15, 0.2) is 0 Å². The molecule has 198 valence electrons. The first kappa shape index (κ1) is 26.5. The molecule has 4 rings (SSSR count). The molecule has 0 bridgehead atoms. The fourth-order valence-corrected chi connectivity index (χ4v) is 5.41. The van der Waals surface area contributed by atoms with Crippen molar-refractivity contribution in [2.24, 2.45) is 17.3 Å². The number of amides is 3. The smallest absolute Gasteiger partial charge is 0.410 e. The van der Waals surface area contributed by atoms with Gasteiger partial charge in [0.25, 0.3) is 0 Å². The van der Waals surface area contributed by atoms with Gasteiger partial charge in [-0.2, -0.15) is 0 Å². The van der Waals surface area contributed by atoms with E-state index in [2.05, 4.69) is 26.1 Å². The topological polar surface area (TPSA) is 99.2 Å². The van der Waals surface area contributed by atoms with Crippen LogP contribution >= 0.6 is 0 Å². The van der Waals surface area contributed by atoms with Gasteiger partial charge in [-0.15, -0.1) is 0 Å². The minimum Gasteiger partial charge on any atom is -0.465 e. The Bertz CT molecular complexity index is 1100. The minimum absolute atomic E-state index is 0.0394. The molecule has 0 saturated carbocycles. The standard InChI is InChI=1S/C29H37N3O5/c1-29(2,3)25-18-31(27(34)35)16-14-24(25)21-9-11-23(12-10-21)30-26(33)22-13-15-32(17-22)28(36)37-19-20-7-5-4-6-8-20/h4-12,22,24-25H,13-19H2,1-3H3,(H,30,33)(H,34,35). The van der Waals surface area contributed by atoms with Gasteiger partial charge in [0.1, 0.15) is 6.61 Å². The van der Waals surface area contributed by atoms with Gasteiger partial charge < -0.3 is 25.0 Å². The molecule has 2 aromatic carbocycles. The number of rotatable bonds is 5. The largest absolute Gasteiger partial charge is 0.465 e. The van der Waals surface area contributed by atoms with Crippen molar-refractivity contribution in [1.29, 1.82) is 0 Å². The second-order valence-corrected chi connectivity index (χ2v) is 11.2. The molecule has 2 heterocycles. The van der Waals surface area contributed by atoms with Crippen LogP contribution in [0.2, 0.25) is 0 Å². The third-order valence-electron chi connectivity index (χ3n) is 7.62. The zero-order valence-electron chi connectivity index (χ0n) is 21.9. The van der Waals surface area contributed by atoms with Crippen molar-refractivity contribution in [2.45, 2.75) is 46.1 Å². The summed E-state index contributed by atoms with van der Waals surface area (Å²) in [5.41, 5.74) is 2.77. The molecule has 0 aromatic heterocycles. The van der Waals surface area contributed by atoms with Gasteiger partial charge in [0.05, 0.1) is 5.92 Å². The molecule has 2 fully saturated rings. The van der Waals surface area contributed by atoms with E-state index in [1.807, 2.05) is 54.6 Å². The number of hydrogen-bond donors (Lipinski definition) is 2. The second-order valence-electron chi connectivity index (χ2n) is 11.2. The maximum absolute atomic E-state index is 12.9. The average molecular weight is 508 g/mol. The maximum atomic E-state index is 12.9. The number of piperidine rings is 1. The van der Waals surface area contributed by atoms with Crippen LogP contribution in [-0.2, 0) is 16.1 Å². The predicted molar refractivity (Wildman–Crippen MR) is 141 cm³/mol. The lowest BCUT2D eigenvalue weighted by Gasteiger charge is -2.44. The highest BCUT2D eigenvalue weighted by Gasteiger charge is 2.39. The van der Waals surface area contributed by atoms with Gasteiger partial charge in [0.2, 0.25) is 5.91 Å². The molecule has 0 spiro atoms. The Hall–Kier alpha value is -3.55. The molecule has 3 amide bonds. The molecule has 2 aromatic rings. The van der Waals surface area contributed by atoms with Crippen molar-refractivity contribution in [3.8, 4) is 0 Å². The summed E-state index contributed by atoms with van der Waals surface area (Å²) in [7, 11) is 0. The molecule has 37 heavy (non-hydrogen) atoms. The predicted octanol–water partition coefficient (Wildman–Crippen LogP) is 5.41. The van der Waals surface area contributed by atoms with Crippen LogP contribution in [0.3, 0.4) is 0 Å². The van der Waals surface area contributed by atoms with E-state index in [4.69, 9.17) is 4.74 Å². The van der Waals surface area contributed by atoms with E-state index in [1.165, 1.54) is 4.90 Å². The van der Waals surface area contributed by atoms with Crippen molar-refractivity contribution < 1.29 is 24.2 Å². The zero-order valence-corrected chi connectivity index (χ0v) is 21.9. The van der Waals surface area contributed by atoms with Crippen LogP contribution < -0.4 is 5.32 Å². The van der Waals surface area contributed by atoms with Gasteiger partial charge >= 0.3 is 12.2 Å². The Labute approximate surface area is 218 Å². The number of carbonyl (C=O) groups is 3. The molecule has 2 N–H and O–H groups in total. The summed E-state index contributed by atoms with van der Waals surface area (Å²) in [4.78, 5) is 39.9. The zero-order chi connectivity index (χ0) is 26.6. The monoisotopic (exact) mass is 507 g/mol. The minimum atomic E-state index is -0.860. The molecular formula is C29H37N3O5. The van der Waals surface area contributed by atoms with E-state index in [9.17, 15) is 19.5 Å². The third-order valence-corrected chi connectivity index (χ3v) is 7.62. The molecular weight excluding hydrogens is 470 g/mol. The summed E-state index contributed by atoms with van der Waals surface area (Å²) in [6.07, 6.45) is 0.115. The van der Waals surface area contributed by atoms with E-state index in [-0.39, 0.29) is 35.7 Å². The quantitative estimate of drug-likeness (QED) is 0.564. The molecule has 2 aliphatic rings. The van der Waals surface area contributed by atoms with E-state index in [0.717, 1.165) is 17.5 Å². The van der Waals surface area contributed by atoms with Gasteiger partial charge in [-0.3, -0.25) is 4.79 Å². The van der Waals surface area contributed by atoms with Crippen molar-refractivity contribution in [2.75, 3.05) is 31.5 Å². The molecule has 2 saturated heterocycles. The summed E-state index contributed by atoms with van der Waals surface area (Å²) in [6.45, 7) is 8.57. The third kappa shape index (κ3) is 6.61. The Kier molecular flexibility index (Phi) is 8.05. The second kappa shape index (κ2) is 11.2. The summed E-state index contributed by atoms with van der Waals surface area (Å²) in [6, 6.07) is 17.4. The highest BCUT2D eigenvalue weighted by molar-refractivity contribution is 5.93. The molecule has 3 unspecified atom stereocenters. The summed E-state index contributed by atoms with van der Waals surface area (Å²) in [5.74, 6) is 0.0672. The Balaban J connectivity index is 1.31. The number of benzene rings is 2. The van der Waals surface area contributed by atoms with Gasteiger partial charge in [-0.1, -0.05) is 63.2 Å². The van der Waals surface area contributed by atoms with Crippen molar-refractivity contribution >= 4 is 23.8 Å². The average Bonchev–Trinajstić information content (AvgIpc) is 3.38. The van der Waals surface area contributed by atoms with Crippen molar-refractivity contribution in [3.63, 3.8) is 0 Å². The number of likely N-dealkylation sites (tertiary alicyclic amines) is 2. The normalized spacial score (nSPS) is 22.0. The Morgan fingerprint density at radius 1 is 0.946 bits per heavy atom. The number of nitrogens with zero attached hydrogens (tertiary/aromatic N) is 2. The summed E-state index contributed by atoms with van der Waals surface area (Å²) in [5, 5.41) is 12.5. The molecule has 0 radical (unpaired) electrons. The van der Waals surface area contributed by atoms with E-state index in [0.29, 0.717) is 38.3 Å². The number of ether oxygens (including phenoxy) is 1. The van der Waals surface area contributed by atoms with Crippen LogP contribution in [-0.4, -0.2) is 59.2 Å². The van der Waals surface area contributed by atoms with Crippen molar-refractivity contribution in [3.05, 3.63) is 65.7 Å². The Morgan fingerprint density at radius 3 is 2.27 bits per heavy atom. The highest BCUT2D eigenvalue weighted by atomic mass is 16.6. The lowest BCUT2D eigenvalue weighted by Crippen LogP contribution is -2.46. The first-order chi connectivity index (χ1) is 17.6. The lowest BCUT2D eigenvalue weighted by molar-refractivity contribution is -0.119. The number of anilines is 1. The number of hydrogen-bond acceptors (Lipinski definition) is 4. The summed E-state index contributed by atoms with van der Waals surface area (Å²) >= 11 is 0. The van der Waals surface area contributed by atoms with Crippen LogP contribution in [0.5, 0.6) is 0 Å². The van der Waals surface area contributed by atoms with Crippen LogP contribution in [0.1, 0.15) is 50.7 Å². The molecule has 8 heteroatoms. The van der Waals surface area contributed by atoms with Gasteiger partial charge in [0, 0.05) is 31.9 Å². The Morgan fingerprint density at radius 2 is 1.62 bits per heavy atom. The molecule has 3 atom stereocenters. The fourth-order valence-electron chi connectivity index (χ4n) is 5.41. The van der Waals surface area contributed by atoms with Gasteiger partial charge in [-0.05, 0) is 53.4 Å². The van der Waals surface area contributed by atoms with Crippen LogP contribution in [0.15, 0.2) is 54.6 Å². The highest BCUT2D eigenvalue weighted by Crippen LogP contribution is 2.43. The fraction of sp³-hybridized carbons (Fsp3) is 0.483. The number of carboxylic acid groups (broad SMARTS) is 1. The lowest BCUT2D eigenvalue weighted by atomic mass is 9.68. The van der Waals surface area contributed by atoms with E-state index in [1.54, 1.807) is 4.90 Å². The van der Waals surface area contributed by atoms with Crippen LogP contribution in [0.25, 0.3) is 0 Å². The maximum Gasteiger partial charge on any atom is 0.410 e. The molecule has 0 aliphatic carbocycles. The number of carbonyl (C=O) groups excluding carboxylic acids is 2. The van der Waals surface area contributed by atoms with Crippen LogP contribution in [0, 0.1) is 17.3 Å². The van der Waals surface area contributed by atoms with E-state index < -0.39 is 12.2 Å².